The SMILES string of the molecule is Cc1nc(NCc2cccc(C(=O)N(C)C)c2)cc(C2CC(O)C2)n1. The largest absolute Gasteiger partial charge is 0.393 e. The molecular weight excluding hydrogens is 316 g/mol. The molecule has 0 bridgehead atoms. The fraction of sp³-hybridized carbons (Fsp3) is 0.421. The molecule has 0 radical (unpaired) electrons. The first kappa shape index (κ1) is 17.4. The summed E-state index contributed by atoms with van der Waals surface area (Å²) in [6.45, 7) is 2.46. The molecule has 6 nitrogen and oxygen atoms in total. The second-order valence-electron chi connectivity index (χ2n) is 6.80. The highest BCUT2D eigenvalue weighted by atomic mass is 16.3. The maximum atomic E-state index is 12.1. The fourth-order valence-electron chi connectivity index (χ4n) is 2.98. The summed E-state index contributed by atoms with van der Waals surface area (Å²) in [5, 5.41) is 12.8. The van der Waals surface area contributed by atoms with E-state index in [9.17, 15) is 9.90 Å². The summed E-state index contributed by atoms with van der Waals surface area (Å²) in [5.41, 5.74) is 2.67. The van der Waals surface area contributed by atoms with E-state index in [1.54, 1.807) is 19.0 Å². The van der Waals surface area contributed by atoms with Gasteiger partial charge in [-0.15, -0.1) is 0 Å². The number of carbonyl (C=O) groups is 1. The minimum Gasteiger partial charge on any atom is -0.393 e. The zero-order valence-corrected chi connectivity index (χ0v) is 14.9. The van der Waals surface area contributed by atoms with E-state index < -0.39 is 0 Å². The number of aliphatic hydroxyl groups excluding tert-OH is 1. The van der Waals surface area contributed by atoms with Crippen molar-refractivity contribution < 1.29 is 9.90 Å². The van der Waals surface area contributed by atoms with Crippen LogP contribution in [-0.2, 0) is 6.54 Å². The Bertz CT molecular complexity index is 770. The van der Waals surface area contributed by atoms with Gasteiger partial charge in [-0.3, -0.25) is 4.79 Å². The summed E-state index contributed by atoms with van der Waals surface area (Å²) in [4.78, 5) is 22.6. The molecule has 1 aromatic heterocycles. The van der Waals surface area contributed by atoms with Gasteiger partial charge in [0.05, 0.1) is 6.10 Å². The molecule has 0 atom stereocenters. The lowest BCUT2D eigenvalue weighted by Gasteiger charge is -2.31. The molecule has 0 saturated heterocycles. The van der Waals surface area contributed by atoms with Crippen LogP contribution in [0.25, 0.3) is 0 Å². The van der Waals surface area contributed by atoms with Gasteiger partial charge >= 0.3 is 0 Å². The summed E-state index contributed by atoms with van der Waals surface area (Å²) in [5.74, 6) is 1.80. The molecule has 0 spiro atoms. The minimum absolute atomic E-state index is 0.00874. The molecule has 25 heavy (non-hydrogen) atoms. The zero-order valence-electron chi connectivity index (χ0n) is 14.9. The Morgan fingerprint density at radius 3 is 2.72 bits per heavy atom. The number of aromatic nitrogens is 2. The lowest BCUT2D eigenvalue weighted by atomic mass is 9.80. The van der Waals surface area contributed by atoms with Gasteiger partial charge in [0.25, 0.3) is 5.91 Å². The third kappa shape index (κ3) is 4.14. The molecular formula is C19H24N4O2. The molecule has 1 aliphatic rings. The highest BCUT2D eigenvalue weighted by Crippen LogP contribution is 2.36. The molecule has 0 unspecified atom stereocenters. The van der Waals surface area contributed by atoms with Crippen LogP contribution in [0.2, 0.25) is 0 Å². The van der Waals surface area contributed by atoms with Crippen LogP contribution in [0.4, 0.5) is 5.82 Å². The highest BCUT2D eigenvalue weighted by Gasteiger charge is 2.30. The number of hydrogen-bond donors (Lipinski definition) is 2. The van der Waals surface area contributed by atoms with Crippen LogP contribution in [0, 0.1) is 6.92 Å². The third-order valence-electron chi connectivity index (χ3n) is 4.44. The standard InChI is InChI=1S/C19H24N4O2/c1-12-21-17(15-8-16(24)9-15)10-18(22-12)20-11-13-5-4-6-14(7-13)19(25)23(2)3/h4-7,10,15-16,24H,8-9,11H2,1-3H3,(H,20,21,22). The Morgan fingerprint density at radius 1 is 1.28 bits per heavy atom. The van der Waals surface area contributed by atoms with E-state index in [0.29, 0.717) is 18.0 Å². The summed E-state index contributed by atoms with van der Waals surface area (Å²) in [6, 6.07) is 9.54. The van der Waals surface area contributed by atoms with Crippen molar-refractivity contribution in [2.75, 3.05) is 19.4 Å². The molecule has 132 valence electrons. The predicted molar refractivity (Wildman–Crippen MR) is 96.5 cm³/mol. The van der Waals surface area contributed by atoms with E-state index in [2.05, 4.69) is 15.3 Å². The van der Waals surface area contributed by atoms with Crippen LogP contribution in [-0.4, -0.2) is 46.1 Å². The maximum absolute atomic E-state index is 12.1. The number of benzene rings is 1. The van der Waals surface area contributed by atoms with Crippen molar-refractivity contribution in [1.82, 2.24) is 14.9 Å². The van der Waals surface area contributed by atoms with E-state index in [1.165, 1.54) is 0 Å². The molecule has 1 fully saturated rings. The summed E-state index contributed by atoms with van der Waals surface area (Å²) < 4.78 is 0. The molecule has 1 aromatic carbocycles. The van der Waals surface area contributed by atoms with Crippen molar-refractivity contribution in [2.45, 2.75) is 38.3 Å². The number of amides is 1. The van der Waals surface area contributed by atoms with Crippen molar-refractivity contribution in [3.05, 3.63) is 53.0 Å². The molecule has 1 aliphatic carbocycles. The van der Waals surface area contributed by atoms with Crippen molar-refractivity contribution in [1.29, 1.82) is 0 Å². The topological polar surface area (TPSA) is 78.4 Å². The smallest absolute Gasteiger partial charge is 0.253 e. The van der Waals surface area contributed by atoms with Crippen LogP contribution in [0.1, 0.15) is 46.2 Å². The third-order valence-corrected chi connectivity index (χ3v) is 4.44. The second kappa shape index (κ2) is 7.19. The highest BCUT2D eigenvalue weighted by molar-refractivity contribution is 5.94. The van der Waals surface area contributed by atoms with Crippen LogP contribution in [0.3, 0.4) is 0 Å². The summed E-state index contributed by atoms with van der Waals surface area (Å²) in [6.07, 6.45) is 1.34. The lowest BCUT2D eigenvalue weighted by molar-refractivity contribution is 0.0731. The van der Waals surface area contributed by atoms with Crippen molar-refractivity contribution >= 4 is 11.7 Å². The fourth-order valence-corrected chi connectivity index (χ4v) is 2.98. The average molecular weight is 340 g/mol. The number of rotatable bonds is 5. The van der Waals surface area contributed by atoms with Gasteiger partial charge in [0.15, 0.2) is 0 Å². The van der Waals surface area contributed by atoms with Gasteiger partial charge in [-0.1, -0.05) is 12.1 Å². The van der Waals surface area contributed by atoms with Gasteiger partial charge in [0.1, 0.15) is 11.6 Å². The van der Waals surface area contributed by atoms with Crippen molar-refractivity contribution in [3.63, 3.8) is 0 Å². The first-order chi connectivity index (χ1) is 11.9. The molecule has 0 aliphatic heterocycles. The summed E-state index contributed by atoms with van der Waals surface area (Å²) in [7, 11) is 3.49. The van der Waals surface area contributed by atoms with Gasteiger partial charge in [0, 0.05) is 43.9 Å². The van der Waals surface area contributed by atoms with Gasteiger partial charge in [-0.2, -0.15) is 0 Å². The van der Waals surface area contributed by atoms with Crippen LogP contribution in [0.5, 0.6) is 0 Å². The van der Waals surface area contributed by atoms with E-state index in [-0.39, 0.29) is 12.0 Å². The number of aryl methyl sites for hydroxylation is 1. The van der Waals surface area contributed by atoms with Crippen molar-refractivity contribution in [3.8, 4) is 0 Å². The molecule has 3 rings (SSSR count). The van der Waals surface area contributed by atoms with Crippen LogP contribution in [0.15, 0.2) is 30.3 Å². The van der Waals surface area contributed by atoms with E-state index >= 15 is 0 Å². The Morgan fingerprint density at radius 2 is 2.04 bits per heavy atom. The predicted octanol–water partition coefficient (Wildman–Crippen LogP) is 2.34. The van der Waals surface area contributed by atoms with E-state index in [0.717, 1.165) is 35.7 Å². The van der Waals surface area contributed by atoms with Gasteiger partial charge in [0.2, 0.25) is 0 Å². The van der Waals surface area contributed by atoms with Crippen LogP contribution >= 0.6 is 0 Å². The minimum atomic E-state index is -0.200. The number of nitrogens with zero attached hydrogens (tertiary/aromatic N) is 3. The van der Waals surface area contributed by atoms with Crippen molar-refractivity contribution in [2.24, 2.45) is 0 Å². The molecule has 1 heterocycles. The first-order valence-corrected chi connectivity index (χ1v) is 8.50. The maximum Gasteiger partial charge on any atom is 0.253 e. The normalized spacial score (nSPS) is 19.2. The molecule has 2 aromatic rings. The average Bonchev–Trinajstić information content (AvgIpc) is 2.56. The molecule has 2 N–H and O–H groups in total. The Hall–Kier alpha value is -2.47. The molecule has 1 amide bonds. The van der Waals surface area contributed by atoms with E-state index in [4.69, 9.17) is 0 Å². The Balaban J connectivity index is 1.69. The van der Waals surface area contributed by atoms with E-state index in [1.807, 2.05) is 37.3 Å². The molecule has 6 heteroatoms. The van der Waals surface area contributed by atoms with Gasteiger partial charge in [-0.05, 0) is 37.5 Å². The first-order valence-electron chi connectivity index (χ1n) is 8.50. The lowest BCUT2D eigenvalue weighted by Crippen LogP contribution is -2.27. The second-order valence-corrected chi connectivity index (χ2v) is 6.80. The molecule has 1 saturated carbocycles. The Kier molecular flexibility index (Phi) is 4.99. The Labute approximate surface area is 147 Å². The number of hydrogen-bond acceptors (Lipinski definition) is 5. The van der Waals surface area contributed by atoms with Crippen LogP contribution < -0.4 is 5.32 Å². The number of aliphatic hydroxyl groups is 1. The number of carbonyl (C=O) groups excluding carboxylic acids is 1. The number of anilines is 1. The summed E-state index contributed by atoms with van der Waals surface area (Å²) >= 11 is 0. The monoisotopic (exact) mass is 340 g/mol. The van der Waals surface area contributed by atoms with Gasteiger partial charge in [-0.25, -0.2) is 9.97 Å². The van der Waals surface area contributed by atoms with Gasteiger partial charge < -0.3 is 15.3 Å². The zero-order chi connectivity index (χ0) is 18.0. The quantitative estimate of drug-likeness (QED) is 0.873. The number of nitrogens with one attached hydrogen (secondary N) is 1.